The highest BCUT2D eigenvalue weighted by atomic mass is 32.2. The van der Waals surface area contributed by atoms with Crippen molar-refractivity contribution >= 4 is 26.6 Å². The molecule has 1 aromatic heterocycles. The van der Waals surface area contributed by atoms with E-state index in [1.807, 2.05) is 18.2 Å². The predicted octanol–water partition coefficient (Wildman–Crippen LogP) is 2.23. The molecule has 1 fully saturated rings. The van der Waals surface area contributed by atoms with Gasteiger partial charge in [-0.2, -0.15) is 0 Å². The van der Waals surface area contributed by atoms with E-state index in [0.29, 0.717) is 24.3 Å². The molecule has 1 N–H and O–H groups in total. The molecule has 0 saturated carbocycles. The third-order valence-corrected chi connectivity index (χ3v) is 7.12. The first-order chi connectivity index (χ1) is 12.7. The smallest absolute Gasteiger partial charge is 0.251 e. The van der Waals surface area contributed by atoms with Gasteiger partial charge >= 0.3 is 0 Å². The van der Waals surface area contributed by atoms with E-state index in [1.165, 1.54) is 10.5 Å². The number of aromatic amines is 1. The molecule has 1 aromatic carbocycles. The minimum atomic E-state index is -3.03. The number of H-pyrrole nitrogens is 1. The summed E-state index contributed by atoms with van der Waals surface area (Å²) in [6, 6.07) is 7.59. The van der Waals surface area contributed by atoms with E-state index >= 15 is 0 Å². The molecule has 6 nitrogen and oxygen atoms in total. The van der Waals surface area contributed by atoms with Crippen LogP contribution < -0.4 is 5.56 Å². The molecule has 0 spiro atoms. The Balaban J connectivity index is 1.73. The number of benzene rings is 1. The number of carbonyl (C=O) groups is 1. The minimum Gasteiger partial charge on any atom is -0.342 e. The molecule has 1 aliphatic rings. The van der Waals surface area contributed by atoms with E-state index in [9.17, 15) is 18.0 Å². The highest BCUT2D eigenvalue weighted by Crippen LogP contribution is 2.21. The van der Waals surface area contributed by atoms with Crippen molar-refractivity contribution in [2.24, 2.45) is 0 Å². The molecule has 0 radical (unpaired) electrons. The summed E-state index contributed by atoms with van der Waals surface area (Å²) in [7, 11) is -1.39. The normalized spacial score (nSPS) is 18.9. The SMILES string of the molecule is CC(C)c1ccc2[nH]c(=O)c(CCC(=O)N(C)C3CCS(=O)(=O)C3)cc2c1. The van der Waals surface area contributed by atoms with Crippen LogP contribution in [0, 0.1) is 0 Å². The number of hydrogen-bond donors (Lipinski definition) is 1. The van der Waals surface area contributed by atoms with Gasteiger partial charge in [0.25, 0.3) is 5.56 Å². The number of carbonyl (C=O) groups excluding carboxylic acids is 1. The molecule has 1 aliphatic heterocycles. The van der Waals surface area contributed by atoms with Crippen molar-refractivity contribution in [2.75, 3.05) is 18.6 Å². The van der Waals surface area contributed by atoms with Crippen LogP contribution >= 0.6 is 0 Å². The number of pyridine rings is 1. The first-order valence-corrected chi connectivity index (χ1v) is 11.1. The van der Waals surface area contributed by atoms with Gasteiger partial charge in [0.05, 0.1) is 11.5 Å². The van der Waals surface area contributed by atoms with Crippen LogP contribution in [0.1, 0.15) is 43.7 Å². The summed E-state index contributed by atoms with van der Waals surface area (Å²) in [4.78, 5) is 29.2. The van der Waals surface area contributed by atoms with E-state index in [-0.39, 0.29) is 35.4 Å². The molecule has 27 heavy (non-hydrogen) atoms. The molecule has 0 aliphatic carbocycles. The van der Waals surface area contributed by atoms with Crippen LogP contribution in [0.15, 0.2) is 29.1 Å². The maximum atomic E-state index is 12.5. The van der Waals surface area contributed by atoms with Gasteiger partial charge in [-0.05, 0) is 47.9 Å². The summed E-state index contributed by atoms with van der Waals surface area (Å²) in [5.74, 6) is 0.428. The summed E-state index contributed by atoms with van der Waals surface area (Å²) >= 11 is 0. The zero-order valence-corrected chi connectivity index (χ0v) is 16.8. The van der Waals surface area contributed by atoms with Gasteiger partial charge in [0, 0.05) is 30.6 Å². The van der Waals surface area contributed by atoms with Crippen molar-refractivity contribution in [3.8, 4) is 0 Å². The Kier molecular flexibility index (Phi) is 5.42. The van der Waals surface area contributed by atoms with Gasteiger partial charge in [0.2, 0.25) is 5.91 Å². The fourth-order valence-corrected chi connectivity index (χ4v) is 5.29. The predicted molar refractivity (Wildman–Crippen MR) is 107 cm³/mol. The van der Waals surface area contributed by atoms with Crippen LogP contribution in [-0.2, 0) is 21.1 Å². The minimum absolute atomic E-state index is 0.0315. The standard InChI is InChI=1S/C20H26N2O4S/c1-13(2)14-4-6-18-16(10-14)11-15(20(24)21-18)5-7-19(23)22(3)17-8-9-27(25,26)12-17/h4,6,10-11,13,17H,5,7-9,12H2,1-3H3,(H,21,24). The van der Waals surface area contributed by atoms with Crippen LogP contribution in [0.5, 0.6) is 0 Å². The average Bonchev–Trinajstić information content (AvgIpc) is 2.98. The number of nitrogens with one attached hydrogen (secondary N) is 1. The molecule has 2 aromatic rings. The average molecular weight is 391 g/mol. The second kappa shape index (κ2) is 7.46. The molecule has 7 heteroatoms. The number of hydrogen-bond acceptors (Lipinski definition) is 4. The molecule has 1 saturated heterocycles. The third kappa shape index (κ3) is 4.40. The van der Waals surface area contributed by atoms with Gasteiger partial charge < -0.3 is 9.88 Å². The van der Waals surface area contributed by atoms with Crippen molar-refractivity contribution in [1.29, 1.82) is 0 Å². The maximum absolute atomic E-state index is 12.5. The van der Waals surface area contributed by atoms with Gasteiger partial charge in [-0.15, -0.1) is 0 Å². The molecular weight excluding hydrogens is 364 g/mol. The van der Waals surface area contributed by atoms with Crippen molar-refractivity contribution in [3.05, 3.63) is 45.7 Å². The van der Waals surface area contributed by atoms with Crippen LogP contribution in [0.2, 0.25) is 0 Å². The number of aromatic nitrogens is 1. The fraction of sp³-hybridized carbons (Fsp3) is 0.500. The molecule has 1 amide bonds. The molecule has 1 unspecified atom stereocenters. The fourth-order valence-electron chi connectivity index (χ4n) is 3.52. The maximum Gasteiger partial charge on any atom is 0.251 e. The Bertz CT molecular complexity index is 1020. The van der Waals surface area contributed by atoms with Crippen LogP contribution in [0.25, 0.3) is 10.9 Å². The van der Waals surface area contributed by atoms with Crippen molar-refractivity contribution in [3.63, 3.8) is 0 Å². The third-order valence-electron chi connectivity index (χ3n) is 5.37. The lowest BCUT2D eigenvalue weighted by Gasteiger charge is -2.23. The van der Waals surface area contributed by atoms with Crippen LogP contribution in [-0.4, -0.2) is 48.8 Å². The first-order valence-electron chi connectivity index (χ1n) is 9.28. The summed E-state index contributed by atoms with van der Waals surface area (Å²) in [5.41, 5.74) is 2.37. The van der Waals surface area contributed by atoms with Crippen molar-refractivity contribution < 1.29 is 13.2 Å². The highest BCUT2D eigenvalue weighted by molar-refractivity contribution is 7.91. The van der Waals surface area contributed by atoms with E-state index in [0.717, 1.165) is 10.9 Å². The lowest BCUT2D eigenvalue weighted by atomic mass is 10.00. The Labute approximate surface area is 159 Å². The summed E-state index contributed by atoms with van der Waals surface area (Å²) in [6.45, 7) is 4.23. The first kappa shape index (κ1) is 19.6. The Morgan fingerprint density at radius 3 is 2.67 bits per heavy atom. The zero-order valence-electron chi connectivity index (χ0n) is 16.0. The Morgan fingerprint density at radius 2 is 2.04 bits per heavy atom. The Hall–Kier alpha value is -2.15. The van der Waals surface area contributed by atoms with Gasteiger partial charge in [-0.3, -0.25) is 9.59 Å². The van der Waals surface area contributed by atoms with Crippen molar-refractivity contribution in [1.82, 2.24) is 9.88 Å². The molecule has 1 atom stereocenters. The number of sulfone groups is 1. The monoisotopic (exact) mass is 390 g/mol. The number of amides is 1. The lowest BCUT2D eigenvalue weighted by Crippen LogP contribution is -2.38. The Morgan fingerprint density at radius 1 is 1.30 bits per heavy atom. The number of aryl methyl sites for hydroxylation is 1. The molecular formula is C20H26N2O4S. The topological polar surface area (TPSA) is 87.3 Å². The van der Waals surface area contributed by atoms with Crippen molar-refractivity contribution in [2.45, 2.75) is 45.1 Å². The van der Waals surface area contributed by atoms with Gasteiger partial charge in [0.15, 0.2) is 9.84 Å². The second-order valence-corrected chi connectivity index (χ2v) is 9.92. The van der Waals surface area contributed by atoms with E-state index in [2.05, 4.69) is 24.9 Å². The second-order valence-electron chi connectivity index (χ2n) is 7.69. The summed E-state index contributed by atoms with van der Waals surface area (Å²) < 4.78 is 23.2. The molecule has 2 heterocycles. The van der Waals surface area contributed by atoms with E-state index in [1.54, 1.807) is 7.05 Å². The van der Waals surface area contributed by atoms with Gasteiger partial charge in [-0.25, -0.2) is 8.42 Å². The van der Waals surface area contributed by atoms with Crippen LogP contribution in [0.4, 0.5) is 0 Å². The number of nitrogens with zero attached hydrogens (tertiary/aromatic N) is 1. The largest absolute Gasteiger partial charge is 0.342 e. The number of fused-ring (bicyclic) bond motifs is 1. The highest BCUT2D eigenvalue weighted by Gasteiger charge is 2.32. The summed E-state index contributed by atoms with van der Waals surface area (Å²) in [5, 5.41) is 0.957. The summed E-state index contributed by atoms with van der Waals surface area (Å²) in [6.07, 6.45) is 1.00. The molecule has 146 valence electrons. The zero-order chi connectivity index (χ0) is 19.8. The van der Waals surface area contributed by atoms with Gasteiger partial charge in [0.1, 0.15) is 0 Å². The molecule has 0 bridgehead atoms. The number of rotatable bonds is 5. The van der Waals surface area contributed by atoms with E-state index < -0.39 is 9.84 Å². The van der Waals surface area contributed by atoms with E-state index in [4.69, 9.17) is 0 Å². The van der Waals surface area contributed by atoms with Crippen LogP contribution in [0.3, 0.4) is 0 Å². The quantitative estimate of drug-likeness (QED) is 0.848. The molecule has 3 rings (SSSR count). The van der Waals surface area contributed by atoms with Gasteiger partial charge in [-0.1, -0.05) is 19.9 Å². The lowest BCUT2D eigenvalue weighted by molar-refractivity contribution is -0.131.